The van der Waals surface area contributed by atoms with E-state index in [4.69, 9.17) is 0 Å². The molecule has 3 N–H and O–H groups in total. The Morgan fingerprint density at radius 2 is 1.44 bits per heavy atom. The predicted octanol–water partition coefficient (Wildman–Crippen LogP) is 3.50. The van der Waals surface area contributed by atoms with E-state index in [9.17, 15) is 14.7 Å². The first-order valence-electron chi connectivity index (χ1n) is 6.24. The number of rotatable bonds is 8. The molecule has 0 amide bonds. The zero-order valence-electron chi connectivity index (χ0n) is 11.1. The van der Waals surface area contributed by atoms with Crippen molar-refractivity contribution in [2.24, 2.45) is 5.92 Å². The summed E-state index contributed by atoms with van der Waals surface area (Å²) >= 11 is 0. The summed E-state index contributed by atoms with van der Waals surface area (Å²) in [7, 11) is -3.69. The van der Waals surface area contributed by atoms with Crippen LogP contribution in [0.1, 0.15) is 66.2 Å². The highest BCUT2D eigenvalue weighted by molar-refractivity contribution is 7.60. The normalized spacial score (nSPS) is 13.5. The summed E-state index contributed by atoms with van der Waals surface area (Å²) < 4.78 is 0. The van der Waals surface area contributed by atoms with Crippen LogP contribution in [0.2, 0.25) is 0 Å². The molecular formula is C12H28O3P+. The zero-order chi connectivity index (χ0) is 12.8. The van der Waals surface area contributed by atoms with Crippen LogP contribution in [0.4, 0.5) is 0 Å². The van der Waals surface area contributed by atoms with E-state index in [1.807, 2.05) is 0 Å². The van der Waals surface area contributed by atoms with Gasteiger partial charge in [-0.05, 0) is 32.6 Å². The van der Waals surface area contributed by atoms with Gasteiger partial charge in [0.1, 0.15) is 0 Å². The first-order chi connectivity index (χ1) is 7.17. The van der Waals surface area contributed by atoms with Crippen molar-refractivity contribution in [1.82, 2.24) is 0 Å². The number of hydrogen-bond acceptors (Lipinski definition) is 3. The SMILES string of the molecule is CC(C)CCCCCCC(C)(C)[P+](O)(O)O. The van der Waals surface area contributed by atoms with Crippen LogP contribution in [0.3, 0.4) is 0 Å². The van der Waals surface area contributed by atoms with Gasteiger partial charge in [0, 0.05) is 0 Å². The molecule has 3 nitrogen and oxygen atoms in total. The molecule has 0 saturated heterocycles. The second-order valence-electron chi connectivity index (χ2n) is 5.73. The van der Waals surface area contributed by atoms with E-state index in [0.717, 1.165) is 18.8 Å². The van der Waals surface area contributed by atoms with Gasteiger partial charge in [-0.15, -0.1) is 0 Å². The van der Waals surface area contributed by atoms with Crippen LogP contribution in [0.5, 0.6) is 0 Å². The van der Waals surface area contributed by atoms with Crippen LogP contribution in [-0.2, 0) is 0 Å². The molecule has 0 fully saturated rings. The van der Waals surface area contributed by atoms with Crippen molar-refractivity contribution in [3.8, 4) is 0 Å². The molecule has 0 spiro atoms. The minimum absolute atomic E-state index is 0.673. The molecule has 98 valence electrons. The quantitative estimate of drug-likeness (QED) is 0.457. The molecule has 0 rings (SSSR count). The molecule has 0 aliphatic rings. The summed E-state index contributed by atoms with van der Waals surface area (Å²) in [5.74, 6) is 0.766. The Kier molecular flexibility index (Phi) is 7.04. The van der Waals surface area contributed by atoms with Crippen molar-refractivity contribution in [3.63, 3.8) is 0 Å². The fourth-order valence-corrected chi connectivity index (χ4v) is 2.07. The van der Waals surface area contributed by atoms with E-state index >= 15 is 0 Å². The van der Waals surface area contributed by atoms with Crippen LogP contribution in [-0.4, -0.2) is 19.8 Å². The molecule has 0 unspecified atom stereocenters. The summed E-state index contributed by atoms with van der Waals surface area (Å²) in [6, 6.07) is 0. The third-order valence-corrected chi connectivity index (χ3v) is 4.98. The minimum atomic E-state index is -3.69. The van der Waals surface area contributed by atoms with Gasteiger partial charge in [0.15, 0.2) is 5.16 Å². The molecule has 0 aromatic heterocycles. The Morgan fingerprint density at radius 3 is 1.88 bits per heavy atom. The third-order valence-electron chi connectivity index (χ3n) is 3.13. The molecule has 4 heteroatoms. The van der Waals surface area contributed by atoms with Crippen molar-refractivity contribution < 1.29 is 14.7 Å². The van der Waals surface area contributed by atoms with Crippen LogP contribution in [0.25, 0.3) is 0 Å². The molecule has 0 aromatic carbocycles. The number of unbranched alkanes of at least 4 members (excludes halogenated alkanes) is 3. The summed E-state index contributed by atoms with van der Waals surface area (Å²) in [6.07, 6.45) is 6.44. The summed E-state index contributed by atoms with van der Waals surface area (Å²) in [6.45, 7) is 7.89. The van der Waals surface area contributed by atoms with E-state index in [2.05, 4.69) is 13.8 Å². The van der Waals surface area contributed by atoms with E-state index in [1.165, 1.54) is 19.3 Å². The summed E-state index contributed by atoms with van der Waals surface area (Å²) in [5, 5.41) is -0.745. The van der Waals surface area contributed by atoms with Gasteiger partial charge in [0.2, 0.25) is 0 Å². The fraction of sp³-hybridized carbons (Fsp3) is 1.00. The van der Waals surface area contributed by atoms with Gasteiger partial charge in [-0.25, -0.2) is 0 Å². The van der Waals surface area contributed by atoms with E-state index < -0.39 is 13.1 Å². The lowest BCUT2D eigenvalue weighted by Gasteiger charge is -2.23. The van der Waals surface area contributed by atoms with Crippen LogP contribution in [0.15, 0.2) is 0 Å². The standard InChI is InChI=1S/C12H28O3P/c1-11(2)9-7-5-6-8-10-12(3,4)16(13,14)15/h11,13-15H,5-10H2,1-4H3/q+1. The molecule has 0 heterocycles. The van der Waals surface area contributed by atoms with Crippen molar-refractivity contribution in [2.45, 2.75) is 71.4 Å². The maximum atomic E-state index is 9.24. The molecule has 0 bridgehead atoms. The maximum Gasteiger partial charge on any atom is 0.409 e. The number of hydrogen-bond donors (Lipinski definition) is 3. The molecule has 0 atom stereocenters. The molecule has 0 radical (unpaired) electrons. The van der Waals surface area contributed by atoms with Crippen LogP contribution >= 0.6 is 7.94 Å². The first kappa shape index (κ1) is 16.3. The smallest absolute Gasteiger partial charge is 0.192 e. The topological polar surface area (TPSA) is 60.7 Å². The van der Waals surface area contributed by atoms with Gasteiger partial charge < -0.3 is 0 Å². The zero-order valence-corrected chi connectivity index (χ0v) is 12.0. The summed E-state index contributed by atoms with van der Waals surface area (Å²) in [5.41, 5.74) is 0. The second-order valence-corrected chi connectivity index (χ2v) is 8.07. The van der Waals surface area contributed by atoms with Crippen molar-refractivity contribution in [2.75, 3.05) is 0 Å². The lowest BCUT2D eigenvalue weighted by Crippen LogP contribution is -2.23. The van der Waals surface area contributed by atoms with E-state index in [0.29, 0.717) is 6.42 Å². The first-order valence-corrected chi connectivity index (χ1v) is 7.89. The molecule has 0 aromatic rings. The van der Waals surface area contributed by atoms with Gasteiger partial charge in [0.25, 0.3) is 0 Å². The molecule has 0 saturated carbocycles. The minimum Gasteiger partial charge on any atom is -0.192 e. The summed E-state index contributed by atoms with van der Waals surface area (Å²) in [4.78, 5) is 27.7. The predicted molar refractivity (Wildman–Crippen MR) is 70.2 cm³/mol. The Morgan fingerprint density at radius 1 is 0.938 bits per heavy atom. The van der Waals surface area contributed by atoms with Gasteiger partial charge in [-0.2, -0.15) is 14.7 Å². The van der Waals surface area contributed by atoms with Crippen LogP contribution in [0, 0.1) is 5.92 Å². The highest BCUT2D eigenvalue weighted by Gasteiger charge is 2.49. The third kappa shape index (κ3) is 6.80. The lowest BCUT2D eigenvalue weighted by atomic mass is 10.0. The van der Waals surface area contributed by atoms with Crippen molar-refractivity contribution in [3.05, 3.63) is 0 Å². The highest BCUT2D eigenvalue weighted by Crippen LogP contribution is 2.59. The molecule has 0 aliphatic heterocycles. The highest BCUT2D eigenvalue weighted by atomic mass is 31.2. The molecular weight excluding hydrogens is 223 g/mol. The van der Waals surface area contributed by atoms with Crippen LogP contribution < -0.4 is 0 Å². The van der Waals surface area contributed by atoms with Gasteiger partial charge >= 0.3 is 7.94 Å². The Hall–Kier alpha value is 0.310. The average Bonchev–Trinajstić information content (AvgIpc) is 2.08. The Labute approximate surface area is 100 Å². The Bertz CT molecular complexity index is 185. The van der Waals surface area contributed by atoms with Gasteiger partial charge in [0.05, 0.1) is 0 Å². The molecule has 16 heavy (non-hydrogen) atoms. The lowest BCUT2D eigenvalue weighted by molar-refractivity contribution is 0.285. The van der Waals surface area contributed by atoms with Crippen molar-refractivity contribution in [1.29, 1.82) is 0 Å². The average molecular weight is 251 g/mol. The largest absolute Gasteiger partial charge is 0.409 e. The second kappa shape index (κ2) is 6.90. The van der Waals surface area contributed by atoms with E-state index in [1.54, 1.807) is 13.8 Å². The fourth-order valence-electron chi connectivity index (χ4n) is 1.61. The maximum absolute atomic E-state index is 9.24. The Balaban J connectivity index is 3.59. The molecule has 0 aliphatic carbocycles. The van der Waals surface area contributed by atoms with Gasteiger partial charge in [-0.1, -0.05) is 39.5 Å². The monoisotopic (exact) mass is 251 g/mol. The van der Waals surface area contributed by atoms with E-state index in [-0.39, 0.29) is 0 Å². The van der Waals surface area contributed by atoms with Crippen molar-refractivity contribution >= 4 is 7.94 Å². The van der Waals surface area contributed by atoms with Gasteiger partial charge in [-0.3, -0.25) is 0 Å².